The van der Waals surface area contributed by atoms with Gasteiger partial charge >= 0.3 is 0 Å². The smallest absolute Gasteiger partial charge is 0.257 e. The Labute approximate surface area is 157 Å². The van der Waals surface area contributed by atoms with Gasteiger partial charge in [0, 0.05) is 17.1 Å². The molecule has 1 N–H and O–H groups in total. The van der Waals surface area contributed by atoms with E-state index in [2.05, 4.69) is 27.4 Å². The van der Waals surface area contributed by atoms with Gasteiger partial charge < -0.3 is 0 Å². The van der Waals surface area contributed by atoms with Gasteiger partial charge in [-0.25, -0.2) is 0 Å². The molecule has 3 rings (SSSR count). The number of carbonyl (C=O) groups is 1. The second-order valence-corrected chi connectivity index (χ2v) is 9.50. The lowest BCUT2D eigenvalue weighted by Gasteiger charge is -2.08. The third-order valence-corrected chi connectivity index (χ3v) is 7.22. The van der Waals surface area contributed by atoms with E-state index in [0.29, 0.717) is 10.7 Å². The van der Waals surface area contributed by atoms with Crippen LogP contribution in [-0.2, 0) is 5.75 Å². The number of hydrogen-bond donors (Lipinski definition) is 1. The van der Waals surface area contributed by atoms with Crippen LogP contribution in [0, 0.1) is 0 Å². The SMILES string of the molecule is CCSc1nnc(NC(=O)c2ccccc2CSC2=NCCS2)s1. The van der Waals surface area contributed by atoms with Crippen molar-refractivity contribution in [3.05, 3.63) is 35.4 Å². The fraction of sp³-hybridized carbons (Fsp3) is 0.333. The van der Waals surface area contributed by atoms with Gasteiger partial charge in [0.25, 0.3) is 5.91 Å². The standard InChI is InChI=1S/C15H16N4OS4/c1-2-21-15-19-18-13(24-15)17-12(20)11-6-4-3-5-10(11)9-23-14-16-7-8-22-14/h3-6H,2,7-9H2,1H3,(H,17,18,20). The molecule has 1 aliphatic rings. The molecule has 1 aliphatic heterocycles. The summed E-state index contributed by atoms with van der Waals surface area (Å²) in [5.74, 6) is 2.59. The highest BCUT2D eigenvalue weighted by Crippen LogP contribution is 2.28. The number of aliphatic imine (C=N–C) groups is 1. The average molecular weight is 397 g/mol. The molecule has 2 aromatic rings. The molecule has 0 spiro atoms. The largest absolute Gasteiger partial charge is 0.296 e. The maximum atomic E-state index is 12.6. The van der Waals surface area contributed by atoms with Gasteiger partial charge in [-0.3, -0.25) is 15.1 Å². The molecule has 9 heteroatoms. The van der Waals surface area contributed by atoms with Crippen LogP contribution in [0.25, 0.3) is 0 Å². The Morgan fingerprint density at radius 3 is 2.96 bits per heavy atom. The molecule has 0 saturated carbocycles. The summed E-state index contributed by atoms with van der Waals surface area (Å²) in [6.07, 6.45) is 0. The van der Waals surface area contributed by atoms with Crippen LogP contribution in [0.2, 0.25) is 0 Å². The minimum atomic E-state index is -0.142. The number of hydrogen-bond acceptors (Lipinski definition) is 8. The van der Waals surface area contributed by atoms with E-state index in [9.17, 15) is 4.79 Å². The summed E-state index contributed by atoms with van der Waals surface area (Å²) in [6, 6.07) is 7.67. The molecule has 1 aromatic carbocycles. The van der Waals surface area contributed by atoms with Crippen LogP contribution in [0.5, 0.6) is 0 Å². The van der Waals surface area contributed by atoms with E-state index in [0.717, 1.165) is 38.1 Å². The molecule has 0 fully saturated rings. The average Bonchev–Trinajstić information content (AvgIpc) is 3.25. The fourth-order valence-corrected chi connectivity index (χ4v) is 5.67. The first-order chi connectivity index (χ1) is 11.8. The molecule has 0 saturated heterocycles. The molecule has 0 atom stereocenters. The quantitative estimate of drug-likeness (QED) is 0.582. The highest BCUT2D eigenvalue weighted by Gasteiger charge is 2.15. The van der Waals surface area contributed by atoms with Crippen molar-refractivity contribution >= 4 is 62.0 Å². The third kappa shape index (κ3) is 4.75. The van der Waals surface area contributed by atoms with Crippen LogP contribution < -0.4 is 5.32 Å². The fourth-order valence-electron chi connectivity index (χ4n) is 2.02. The molecular formula is C15H16N4OS4. The van der Waals surface area contributed by atoms with Crippen LogP contribution in [-0.4, -0.2) is 38.5 Å². The van der Waals surface area contributed by atoms with Crippen LogP contribution in [0.15, 0.2) is 33.6 Å². The van der Waals surface area contributed by atoms with Crippen molar-refractivity contribution in [2.75, 3.05) is 23.4 Å². The number of carbonyl (C=O) groups excluding carboxylic acids is 1. The number of nitrogens with one attached hydrogen (secondary N) is 1. The van der Waals surface area contributed by atoms with E-state index in [-0.39, 0.29) is 5.91 Å². The molecule has 126 valence electrons. The van der Waals surface area contributed by atoms with E-state index in [4.69, 9.17) is 0 Å². The minimum absolute atomic E-state index is 0.142. The molecule has 2 heterocycles. The first-order valence-electron chi connectivity index (χ1n) is 7.42. The van der Waals surface area contributed by atoms with Crippen molar-refractivity contribution in [3.8, 4) is 0 Å². The van der Waals surface area contributed by atoms with E-state index < -0.39 is 0 Å². The molecule has 5 nitrogen and oxygen atoms in total. The van der Waals surface area contributed by atoms with Gasteiger partial charge in [0.15, 0.2) is 4.34 Å². The summed E-state index contributed by atoms with van der Waals surface area (Å²) < 4.78 is 1.98. The van der Waals surface area contributed by atoms with E-state index >= 15 is 0 Å². The Morgan fingerprint density at radius 1 is 1.29 bits per heavy atom. The number of nitrogens with zero attached hydrogens (tertiary/aromatic N) is 3. The number of anilines is 1. The van der Waals surface area contributed by atoms with E-state index in [1.807, 2.05) is 24.3 Å². The Hall–Kier alpha value is -1.03. The minimum Gasteiger partial charge on any atom is -0.296 e. The Bertz CT molecular complexity index is 747. The molecule has 1 aromatic heterocycles. The summed E-state index contributed by atoms with van der Waals surface area (Å²) in [4.78, 5) is 17.0. The monoisotopic (exact) mass is 396 g/mol. The van der Waals surface area contributed by atoms with Gasteiger partial charge in [-0.15, -0.1) is 10.2 Å². The van der Waals surface area contributed by atoms with Crippen molar-refractivity contribution in [3.63, 3.8) is 0 Å². The van der Waals surface area contributed by atoms with E-state index in [1.165, 1.54) is 11.3 Å². The van der Waals surface area contributed by atoms with Crippen LogP contribution in [0.3, 0.4) is 0 Å². The van der Waals surface area contributed by atoms with Crippen molar-refractivity contribution < 1.29 is 4.79 Å². The summed E-state index contributed by atoms with van der Waals surface area (Å²) in [5.41, 5.74) is 1.68. The maximum Gasteiger partial charge on any atom is 0.257 e. The summed E-state index contributed by atoms with van der Waals surface area (Å²) in [5, 5.41) is 11.5. The Morgan fingerprint density at radius 2 is 2.17 bits per heavy atom. The van der Waals surface area contributed by atoms with Gasteiger partial charge in [0.1, 0.15) is 4.38 Å². The predicted molar refractivity (Wildman–Crippen MR) is 107 cm³/mol. The lowest BCUT2D eigenvalue weighted by atomic mass is 10.1. The summed E-state index contributed by atoms with van der Waals surface area (Å²) in [6.45, 7) is 2.95. The summed E-state index contributed by atoms with van der Waals surface area (Å²) >= 11 is 6.49. The second-order valence-electron chi connectivity index (χ2n) is 4.70. The van der Waals surface area contributed by atoms with Crippen molar-refractivity contribution in [1.82, 2.24) is 10.2 Å². The van der Waals surface area contributed by atoms with Crippen LogP contribution >= 0.6 is 46.6 Å². The highest BCUT2D eigenvalue weighted by atomic mass is 32.2. The topological polar surface area (TPSA) is 67.2 Å². The number of rotatable bonds is 6. The van der Waals surface area contributed by atoms with Gasteiger partial charge in [-0.1, -0.05) is 71.7 Å². The number of aromatic nitrogens is 2. The molecule has 0 bridgehead atoms. The zero-order valence-electron chi connectivity index (χ0n) is 13.0. The molecule has 0 aliphatic carbocycles. The zero-order valence-corrected chi connectivity index (χ0v) is 16.3. The van der Waals surface area contributed by atoms with Gasteiger partial charge in [-0.2, -0.15) is 0 Å². The lowest BCUT2D eigenvalue weighted by Crippen LogP contribution is -2.14. The predicted octanol–water partition coefficient (Wildman–Crippen LogP) is 4.24. The lowest BCUT2D eigenvalue weighted by molar-refractivity contribution is 0.102. The molecular weight excluding hydrogens is 380 g/mol. The van der Waals surface area contributed by atoms with Gasteiger partial charge in [-0.05, 0) is 17.4 Å². The van der Waals surface area contributed by atoms with E-state index in [1.54, 1.807) is 35.3 Å². The second kappa shape index (κ2) is 8.89. The molecule has 1 amide bonds. The molecule has 24 heavy (non-hydrogen) atoms. The molecule has 0 unspecified atom stereocenters. The number of thioether (sulfide) groups is 3. The summed E-state index contributed by atoms with van der Waals surface area (Å²) in [7, 11) is 0. The first kappa shape index (κ1) is 17.8. The Balaban J connectivity index is 1.67. The third-order valence-electron chi connectivity index (χ3n) is 3.07. The highest BCUT2D eigenvalue weighted by molar-refractivity contribution is 8.38. The van der Waals surface area contributed by atoms with Crippen LogP contribution in [0.4, 0.5) is 5.13 Å². The number of benzene rings is 1. The van der Waals surface area contributed by atoms with Crippen molar-refractivity contribution in [2.24, 2.45) is 4.99 Å². The van der Waals surface area contributed by atoms with Crippen molar-refractivity contribution in [2.45, 2.75) is 17.0 Å². The van der Waals surface area contributed by atoms with Crippen molar-refractivity contribution in [1.29, 1.82) is 0 Å². The molecule has 0 radical (unpaired) electrons. The van der Waals surface area contributed by atoms with Crippen LogP contribution in [0.1, 0.15) is 22.8 Å². The Kier molecular flexibility index (Phi) is 6.59. The van der Waals surface area contributed by atoms with Gasteiger partial charge in [0.05, 0.1) is 6.54 Å². The normalized spacial score (nSPS) is 13.8. The zero-order chi connectivity index (χ0) is 16.8. The first-order valence-corrected chi connectivity index (χ1v) is 11.2. The maximum absolute atomic E-state index is 12.6. The number of amides is 1. The van der Waals surface area contributed by atoms with Gasteiger partial charge in [0.2, 0.25) is 5.13 Å².